The average Bonchev–Trinajstić information content (AvgIpc) is 3.06. The van der Waals surface area contributed by atoms with Crippen LogP contribution in [0.15, 0.2) is 102 Å². The molecule has 0 fully saturated rings. The van der Waals surface area contributed by atoms with Crippen molar-refractivity contribution in [1.29, 1.82) is 0 Å². The van der Waals surface area contributed by atoms with E-state index in [1.165, 1.54) is 17.0 Å². The fraction of sp³-hybridized carbons (Fsp3) is 0.278. The third-order valence-corrected chi connectivity index (χ3v) is 10.2. The number of rotatable bonds is 14. The van der Waals surface area contributed by atoms with Gasteiger partial charge < -0.3 is 15.0 Å². The second-order valence-electron chi connectivity index (χ2n) is 11.2. The fourth-order valence-electron chi connectivity index (χ4n) is 4.87. The van der Waals surface area contributed by atoms with Gasteiger partial charge in [0, 0.05) is 12.6 Å². The van der Waals surface area contributed by atoms with Crippen LogP contribution in [-0.2, 0) is 26.2 Å². The molecule has 0 aliphatic rings. The zero-order valence-electron chi connectivity index (χ0n) is 26.8. The molecule has 0 spiro atoms. The van der Waals surface area contributed by atoms with Crippen LogP contribution in [0.25, 0.3) is 0 Å². The quantitative estimate of drug-likeness (QED) is 0.144. The van der Waals surface area contributed by atoms with Crippen LogP contribution in [0.1, 0.15) is 44.7 Å². The molecule has 4 aromatic carbocycles. The summed E-state index contributed by atoms with van der Waals surface area (Å²) in [6.45, 7) is 6.95. The van der Waals surface area contributed by atoms with Crippen LogP contribution in [-0.4, -0.2) is 43.8 Å². The molecule has 11 heteroatoms. The molecule has 4 aromatic rings. The summed E-state index contributed by atoms with van der Waals surface area (Å²) in [5.41, 5.74) is 1.78. The summed E-state index contributed by atoms with van der Waals surface area (Å²) >= 11 is 12.4. The Morgan fingerprint density at radius 1 is 0.830 bits per heavy atom. The van der Waals surface area contributed by atoms with Gasteiger partial charge >= 0.3 is 0 Å². The van der Waals surface area contributed by atoms with Gasteiger partial charge in [-0.3, -0.25) is 13.9 Å². The van der Waals surface area contributed by atoms with E-state index in [0.29, 0.717) is 39.9 Å². The number of amides is 2. The highest BCUT2D eigenvalue weighted by Gasteiger charge is 2.34. The molecule has 47 heavy (non-hydrogen) atoms. The van der Waals surface area contributed by atoms with Gasteiger partial charge in [0.2, 0.25) is 11.8 Å². The molecule has 0 bridgehead atoms. The van der Waals surface area contributed by atoms with Crippen LogP contribution in [0.3, 0.4) is 0 Å². The Kier molecular flexibility index (Phi) is 12.3. The Morgan fingerprint density at radius 3 is 2.06 bits per heavy atom. The van der Waals surface area contributed by atoms with Crippen LogP contribution in [0, 0.1) is 6.92 Å². The number of halogens is 2. The summed E-state index contributed by atoms with van der Waals surface area (Å²) in [5.74, 6) is 0.222. The zero-order valence-corrected chi connectivity index (χ0v) is 29.1. The van der Waals surface area contributed by atoms with E-state index in [1.54, 1.807) is 54.6 Å². The maximum absolute atomic E-state index is 14.3. The van der Waals surface area contributed by atoms with Crippen LogP contribution in [0.2, 0.25) is 10.0 Å². The van der Waals surface area contributed by atoms with Crippen molar-refractivity contribution < 1.29 is 22.7 Å². The molecule has 0 aliphatic heterocycles. The SMILES string of the molecule is CC[C@@H](C)NC(=O)[C@H](CC)N(Cc1ccc(Cl)c(Cl)c1)C(=O)CN(c1ccc(Oc2ccccc2)cc1)S(=O)(=O)c1ccc(C)cc1. The summed E-state index contributed by atoms with van der Waals surface area (Å²) in [7, 11) is -4.23. The molecule has 0 heterocycles. The Hall–Kier alpha value is -4.05. The van der Waals surface area contributed by atoms with Gasteiger partial charge in [-0.1, -0.05) is 79.0 Å². The largest absolute Gasteiger partial charge is 0.457 e. The van der Waals surface area contributed by atoms with E-state index in [1.807, 2.05) is 58.0 Å². The Bertz CT molecular complexity index is 1770. The highest BCUT2D eigenvalue weighted by Crippen LogP contribution is 2.29. The molecule has 1 N–H and O–H groups in total. The summed E-state index contributed by atoms with van der Waals surface area (Å²) in [5, 5.41) is 3.62. The van der Waals surface area contributed by atoms with Gasteiger partial charge in [0.15, 0.2) is 0 Å². The molecule has 0 unspecified atom stereocenters. The molecule has 2 amide bonds. The van der Waals surface area contributed by atoms with E-state index in [4.69, 9.17) is 27.9 Å². The first-order valence-electron chi connectivity index (χ1n) is 15.4. The number of hydrogen-bond donors (Lipinski definition) is 1. The number of carbonyl (C=O) groups excluding carboxylic acids is 2. The Morgan fingerprint density at radius 2 is 1.47 bits per heavy atom. The summed E-state index contributed by atoms with van der Waals surface area (Å²) in [6.07, 6.45) is 1.00. The van der Waals surface area contributed by atoms with E-state index in [9.17, 15) is 18.0 Å². The van der Waals surface area contributed by atoms with Gasteiger partial charge in [-0.15, -0.1) is 0 Å². The van der Waals surface area contributed by atoms with Gasteiger partial charge in [0.1, 0.15) is 24.1 Å². The van der Waals surface area contributed by atoms with Gasteiger partial charge in [0.05, 0.1) is 20.6 Å². The standard InChI is InChI=1S/C36H39Cl2N3O5S/c1-5-26(4)39-36(43)34(6-2)40(23-27-14-21-32(37)33(38)22-27)35(42)24-41(47(44,45)31-19-12-25(3)13-20-31)28-15-17-30(18-16-28)46-29-10-8-7-9-11-29/h7-22,26,34H,5-6,23-24H2,1-4H3,(H,39,43)/t26-,34+/m1/s1. The molecule has 0 radical (unpaired) electrons. The highest BCUT2D eigenvalue weighted by molar-refractivity contribution is 7.92. The van der Waals surface area contributed by atoms with Crippen LogP contribution in [0.5, 0.6) is 11.5 Å². The fourth-order valence-corrected chi connectivity index (χ4v) is 6.60. The minimum absolute atomic E-state index is 0.00439. The van der Waals surface area contributed by atoms with E-state index in [-0.39, 0.29) is 29.1 Å². The number of nitrogens with zero attached hydrogens (tertiary/aromatic N) is 2. The van der Waals surface area contributed by atoms with Gasteiger partial charge in [-0.2, -0.15) is 0 Å². The van der Waals surface area contributed by atoms with E-state index < -0.39 is 28.5 Å². The minimum Gasteiger partial charge on any atom is -0.457 e. The first-order chi connectivity index (χ1) is 22.4. The predicted octanol–water partition coefficient (Wildman–Crippen LogP) is 8.01. The van der Waals surface area contributed by atoms with Crippen molar-refractivity contribution in [2.45, 2.75) is 64.1 Å². The van der Waals surface area contributed by atoms with E-state index in [0.717, 1.165) is 9.87 Å². The minimum atomic E-state index is -4.23. The number of carbonyl (C=O) groups is 2. The number of para-hydroxylation sites is 1. The maximum Gasteiger partial charge on any atom is 0.264 e. The Balaban J connectivity index is 1.74. The van der Waals surface area contributed by atoms with Crippen molar-refractivity contribution >= 4 is 50.7 Å². The van der Waals surface area contributed by atoms with Gasteiger partial charge in [0.25, 0.3) is 10.0 Å². The van der Waals surface area contributed by atoms with Crippen molar-refractivity contribution in [3.63, 3.8) is 0 Å². The number of sulfonamides is 1. The molecule has 2 atom stereocenters. The summed E-state index contributed by atoms with van der Waals surface area (Å²) < 4.78 is 35.3. The monoisotopic (exact) mass is 695 g/mol. The number of hydrogen-bond acceptors (Lipinski definition) is 5. The molecule has 8 nitrogen and oxygen atoms in total. The molecule has 0 saturated heterocycles. The highest BCUT2D eigenvalue weighted by atomic mass is 35.5. The molecule has 0 aromatic heterocycles. The number of aryl methyl sites for hydroxylation is 1. The normalized spacial score (nSPS) is 12.6. The number of anilines is 1. The number of ether oxygens (including phenoxy) is 1. The van der Waals surface area contributed by atoms with Crippen LogP contribution >= 0.6 is 23.2 Å². The first-order valence-corrected chi connectivity index (χ1v) is 17.6. The number of nitrogens with one attached hydrogen (secondary N) is 1. The predicted molar refractivity (Wildman–Crippen MR) is 188 cm³/mol. The zero-order chi connectivity index (χ0) is 34.1. The third-order valence-electron chi connectivity index (χ3n) is 7.72. The van der Waals surface area contributed by atoms with Crippen molar-refractivity contribution in [2.75, 3.05) is 10.8 Å². The molecule has 4 rings (SSSR count). The molecule has 248 valence electrons. The second kappa shape index (κ2) is 16.2. The third kappa shape index (κ3) is 9.28. The van der Waals surface area contributed by atoms with E-state index in [2.05, 4.69) is 5.32 Å². The molecular formula is C36H39Cl2N3O5S. The summed E-state index contributed by atoms with van der Waals surface area (Å²) in [4.78, 5) is 29.3. The second-order valence-corrected chi connectivity index (χ2v) is 13.9. The molecular weight excluding hydrogens is 657 g/mol. The van der Waals surface area contributed by atoms with Crippen molar-refractivity contribution in [2.24, 2.45) is 0 Å². The lowest BCUT2D eigenvalue weighted by Crippen LogP contribution is -2.53. The topological polar surface area (TPSA) is 96.0 Å². The smallest absolute Gasteiger partial charge is 0.264 e. The Labute approximate surface area is 287 Å². The van der Waals surface area contributed by atoms with E-state index >= 15 is 0 Å². The summed E-state index contributed by atoms with van der Waals surface area (Å²) in [6, 6.07) is 26.1. The van der Waals surface area contributed by atoms with Gasteiger partial charge in [-0.05, 0) is 92.9 Å². The molecule has 0 aliphatic carbocycles. The molecule has 0 saturated carbocycles. The lowest BCUT2D eigenvalue weighted by Gasteiger charge is -2.33. The van der Waals surface area contributed by atoms with Crippen molar-refractivity contribution in [3.05, 3.63) is 118 Å². The van der Waals surface area contributed by atoms with Crippen molar-refractivity contribution in [1.82, 2.24) is 10.2 Å². The lowest BCUT2D eigenvalue weighted by molar-refractivity contribution is -0.140. The average molecular weight is 697 g/mol. The first kappa shape index (κ1) is 35.8. The lowest BCUT2D eigenvalue weighted by atomic mass is 10.1. The number of benzene rings is 4. The maximum atomic E-state index is 14.3. The van der Waals surface area contributed by atoms with Crippen molar-refractivity contribution in [3.8, 4) is 11.5 Å². The van der Waals surface area contributed by atoms with Crippen LogP contribution in [0.4, 0.5) is 5.69 Å². The van der Waals surface area contributed by atoms with Crippen LogP contribution < -0.4 is 14.4 Å². The van der Waals surface area contributed by atoms with Gasteiger partial charge in [-0.25, -0.2) is 8.42 Å².